The normalized spacial score (nSPS) is 10.4. The van der Waals surface area contributed by atoms with Crippen LogP contribution in [0.4, 0.5) is 0 Å². The van der Waals surface area contributed by atoms with Gasteiger partial charge in [-0.2, -0.15) is 0 Å². The Bertz CT molecular complexity index is 585. The Hall–Kier alpha value is -2.49. The minimum atomic E-state index is 0.866. The third-order valence-electron chi connectivity index (χ3n) is 2.49. The zero-order valence-corrected chi connectivity index (χ0v) is 8.96. The van der Waals surface area contributed by atoms with Crippen LogP contribution in [0.25, 0.3) is 22.6 Å². The summed E-state index contributed by atoms with van der Waals surface area (Å²) < 4.78 is 0. The molecule has 0 saturated heterocycles. The van der Waals surface area contributed by atoms with Crippen molar-refractivity contribution >= 4 is 0 Å². The Kier molecular flexibility index (Phi) is 2.38. The van der Waals surface area contributed by atoms with Crippen LogP contribution in [0.2, 0.25) is 0 Å². The number of benzene rings is 1. The third-order valence-corrected chi connectivity index (χ3v) is 2.49. The summed E-state index contributed by atoms with van der Waals surface area (Å²) in [6.07, 6.45) is 7.81. The van der Waals surface area contributed by atoms with Gasteiger partial charge in [-0.3, -0.25) is 0 Å². The van der Waals surface area contributed by atoms with E-state index in [-0.39, 0.29) is 0 Å². The van der Waals surface area contributed by atoms with Crippen molar-refractivity contribution in [1.29, 1.82) is 0 Å². The summed E-state index contributed by atoms with van der Waals surface area (Å²) in [5, 5.41) is 0. The Morgan fingerprint density at radius 3 is 2.41 bits per heavy atom. The summed E-state index contributed by atoms with van der Waals surface area (Å²) in [6, 6.07) is 9.90. The van der Waals surface area contributed by atoms with E-state index in [0.717, 1.165) is 22.6 Å². The molecule has 0 aliphatic rings. The fourth-order valence-corrected chi connectivity index (χ4v) is 1.64. The zero-order valence-electron chi connectivity index (χ0n) is 8.96. The second kappa shape index (κ2) is 4.17. The van der Waals surface area contributed by atoms with Crippen LogP contribution in [-0.4, -0.2) is 19.9 Å². The number of nitrogens with zero attached hydrogens (tertiary/aromatic N) is 3. The highest BCUT2D eigenvalue weighted by Crippen LogP contribution is 2.20. The molecule has 1 N–H and O–H groups in total. The topological polar surface area (TPSA) is 54.5 Å². The van der Waals surface area contributed by atoms with E-state index in [4.69, 9.17) is 0 Å². The molecule has 2 heterocycles. The lowest BCUT2D eigenvalue weighted by molar-refractivity contribution is 1.15. The van der Waals surface area contributed by atoms with Crippen molar-refractivity contribution in [2.75, 3.05) is 0 Å². The number of hydrogen-bond donors (Lipinski definition) is 1. The summed E-state index contributed by atoms with van der Waals surface area (Å²) in [4.78, 5) is 15.1. The van der Waals surface area contributed by atoms with Gasteiger partial charge >= 0.3 is 0 Å². The van der Waals surface area contributed by atoms with E-state index < -0.39 is 0 Å². The molecule has 0 amide bonds. The van der Waals surface area contributed by atoms with E-state index in [1.54, 1.807) is 12.4 Å². The lowest BCUT2D eigenvalue weighted by atomic mass is 10.1. The van der Waals surface area contributed by atoms with Crippen LogP contribution in [0, 0.1) is 6.33 Å². The molecule has 0 fully saturated rings. The summed E-state index contributed by atoms with van der Waals surface area (Å²) >= 11 is 0. The van der Waals surface area contributed by atoms with Gasteiger partial charge in [-0.25, -0.2) is 15.0 Å². The van der Waals surface area contributed by atoms with Crippen molar-refractivity contribution in [3.63, 3.8) is 0 Å². The van der Waals surface area contributed by atoms with Crippen molar-refractivity contribution in [2.45, 2.75) is 0 Å². The standard InChI is InChI=1S/C13H9N4/c1-3-11(13-15-7-8-16-13)4-2-10(1)12-5-6-14-9-17-12/h1-8H,(H,15,16). The van der Waals surface area contributed by atoms with Crippen molar-refractivity contribution in [3.8, 4) is 22.6 Å². The van der Waals surface area contributed by atoms with Crippen LogP contribution in [0.5, 0.6) is 0 Å². The molecule has 1 radical (unpaired) electrons. The molecular weight excluding hydrogens is 212 g/mol. The fourth-order valence-electron chi connectivity index (χ4n) is 1.64. The number of rotatable bonds is 2. The molecule has 0 unspecified atom stereocenters. The van der Waals surface area contributed by atoms with Crippen LogP contribution in [-0.2, 0) is 0 Å². The predicted molar refractivity (Wildman–Crippen MR) is 63.9 cm³/mol. The number of H-pyrrole nitrogens is 1. The van der Waals surface area contributed by atoms with Crippen molar-refractivity contribution < 1.29 is 0 Å². The van der Waals surface area contributed by atoms with Crippen molar-refractivity contribution in [2.24, 2.45) is 0 Å². The highest BCUT2D eigenvalue weighted by atomic mass is 14.9. The van der Waals surface area contributed by atoms with Gasteiger partial charge in [0.05, 0.1) is 5.69 Å². The van der Waals surface area contributed by atoms with Gasteiger partial charge in [-0.1, -0.05) is 24.3 Å². The van der Waals surface area contributed by atoms with Gasteiger partial charge in [-0.15, -0.1) is 0 Å². The quantitative estimate of drug-likeness (QED) is 0.722. The van der Waals surface area contributed by atoms with E-state index >= 15 is 0 Å². The molecule has 0 atom stereocenters. The number of imidazole rings is 1. The molecule has 2 aromatic heterocycles. The van der Waals surface area contributed by atoms with Gasteiger partial charge in [-0.05, 0) is 6.07 Å². The SMILES string of the molecule is [c]1nccc(-c2ccc(-c3ncc[nH]3)cc2)n1. The molecule has 0 aliphatic heterocycles. The predicted octanol–water partition coefficient (Wildman–Crippen LogP) is 2.33. The second-order valence-corrected chi connectivity index (χ2v) is 3.56. The number of aromatic nitrogens is 4. The molecular formula is C13H9N4. The van der Waals surface area contributed by atoms with Gasteiger partial charge in [0.2, 0.25) is 0 Å². The van der Waals surface area contributed by atoms with Crippen LogP contribution >= 0.6 is 0 Å². The summed E-state index contributed by atoms with van der Waals surface area (Å²) in [7, 11) is 0. The minimum absolute atomic E-state index is 0.866. The maximum absolute atomic E-state index is 4.20. The molecule has 0 saturated carbocycles. The van der Waals surface area contributed by atoms with Crippen LogP contribution in [0.1, 0.15) is 0 Å². The minimum Gasteiger partial charge on any atom is -0.345 e. The smallest absolute Gasteiger partial charge is 0.198 e. The van der Waals surface area contributed by atoms with Gasteiger partial charge < -0.3 is 4.98 Å². The first-order chi connectivity index (χ1) is 8.43. The monoisotopic (exact) mass is 221 g/mol. The van der Waals surface area contributed by atoms with Crippen LogP contribution in [0.15, 0.2) is 48.9 Å². The first-order valence-electron chi connectivity index (χ1n) is 5.23. The van der Waals surface area contributed by atoms with E-state index in [2.05, 4.69) is 26.3 Å². The largest absolute Gasteiger partial charge is 0.345 e. The van der Waals surface area contributed by atoms with Crippen LogP contribution < -0.4 is 0 Å². The summed E-state index contributed by atoms with van der Waals surface area (Å²) in [5.74, 6) is 0.866. The number of aromatic amines is 1. The van der Waals surface area contributed by atoms with Crippen LogP contribution in [0.3, 0.4) is 0 Å². The number of hydrogen-bond acceptors (Lipinski definition) is 3. The molecule has 4 heteroatoms. The molecule has 17 heavy (non-hydrogen) atoms. The Morgan fingerprint density at radius 2 is 1.76 bits per heavy atom. The molecule has 0 spiro atoms. The lowest BCUT2D eigenvalue weighted by Crippen LogP contribution is -1.85. The molecule has 3 rings (SSSR count). The van der Waals surface area contributed by atoms with Gasteiger partial charge in [0.1, 0.15) is 5.82 Å². The first-order valence-corrected chi connectivity index (χ1v) is 5.23. The average molecular weight is 221 g/mol. The van der Waals surface area contributed by atoms with Crippen molar-refractivity contribution in [1.82, 2.24) is 19.9 Å². The zero-order chi connectivity index (χ0) is 11.5. The fraction of sp³-hybridized carbons (Fsp3) is 0. The summed E-state index contributed by atoms with van der Waals surface area (Å²) in [5.41, 5.74) is 2.96. The Balaban J connectivity index is 1.96. The van der Waals surface area contributed by atoms with E-state index in [0.29, 0.717) is 0 Å². The van der Waals surface area contributed by atoms with Gasteiger partial charge in [0.15, 0.2) is 6.33 Å². The Morgan fingerprint density at radius 1 is 0.941 bits per heavy atom. The molecule has 3 aromatic rings. The van der Waals surface area contributed by atoms with Gasteiger partial charge in [0.25, 0.3) is 0 Å². The third kappa shape index (κ3) is 1.92. The molecule has 0 aliphatic carbocycles. The molecule has 0 bridgehead atoms. The van der Waals surface area contributed by atoms with Crippen molar-refractivity contribution in [3.05, 3.63) is 55.2 Å². The Labute approximate surface area is 98.4 Å². The molecule has 4 nitrogen and oxygen atoms in total. The van der Waals surface area contributed by atoms with E-state index in [9.17, 15) is 0 Å². The first kappa shape index (κ1) is 9.72. The highest BCUT2D eigenvalue weighted by molar-refractivity contribution is 5.64. The lowest BCUT2D eigenvalue weighted by Gasteiger charge is -2.01. The van der Waals surface area contributed by atoms with E-state index in [1.165, 1.54) is 0 Å². The molecule has 81 valence electrons. The number of nitrogens with one attached hydrogen (secondary N) is 1. The maximum Gasteiger partial charge on any atom is 0.198 e. The second-order valence-electron chi connectivity index (χ2n) is 3.56. The molecule has 1 aromatic carbocycles. The average Bonchev–Trinajstić information content (AvgIpc) is 2.94. The maximum atomic E-state index is 4.20. The van der Waals surface area contributed by atoms with Gasteiger partial charge in [0, 0.05) is 29.7 Å². The highest BCUT2D eigenvalue weighted by Gasteiger charge is 2.01. The summed E-state index contributed by atoms with van der Waals surface area (Å²) in [6.45, 7) is 0. The van der Waals surface area contributed by atoms with E-state index in [1.807, 2.05) is 36.5 Å².